The first-order chi connectivity index (χ1) is 11.6. The van der Waals surface area contributed by atoms with Crippen molar-refractivity contribution >= 4 is 40.1 Å². The molecule has 0 bridgehead atoms. The Balaban J connectivity index is 2.04. The molecule has 0 amide bonds. The number of aromatic nitrogens is 1. The van der Waals surface area contributed by atoms with Crippen LogP contribution in [-0.2, 0) is 4.79 Å². The lowest BCUT2D eigenvalue weighted by atomic mass is 9.86. The maximum atomic E-state index is 12.6. The molecule has 0 saturated heterocycles. The average Bonchev–Trinajstić information content (AvgIpc) is 2.56. The zero-order valence-electron chi connectivity index (χ0n) is 12.3. The van der Waals surface area contributed by atoms with Gasteiger partial charge in [-0.05, 0) is 23.8 Å². The lowest BCUT2D eigenvalue weighted by molar-refractivity contribution is -0.135. The van der Waals surface area contributed by atoms with Crippen molar-refractivity contribution in [3.63, 3.8) is 0 Å². The number of pyridine rings is 1. The minimum atomic E-state index is -0.499. The summed E-state index contributed by atoms with van der Waals surface area (Å²) in [4.78, 5) is 27.6. The number of carbonyl (C=O) groups excluding carboxylic acids is 1. The normalized spacial score (nSPS) is 16.8. The van der Waals surface area contributed by atoms with E-state index in [0.717, 1.165) is 0 Å². The van der Waals surface area contributed by atoms with Crippen molar-refractivity contribution < 1.29 is 9.53 Å². The van der Waals surface area contributed by atoms with Gasteiger partial charge >= 0.3 is 5.97 Å². The first kappa shape index (κ1) is 15.2. The maximum absolute atomic E-state index is 12.6. The number of H-pyrrole nitrogens is 1. The van der Waals surface area contributed by atoms with Crippen molar-refractivity contribution in [2.24, 2.45) is 0 Å². The fourth-order valence-electron chi connectivity index (χ4n) is 3.13. The molecular weight excluding hydrogens is 349 g/mol. The summed E-state index contributed by atoms with van der Waals surface area (Å²) in [6, 6.07) is 12.4. The smallest absolute Gasteiger partial charge is 0.312 e. The Morgan fingerprint density at radius 1 is 1.04 bits per heavy atom. The third-order valence-corrected chi connectivity index (χ3v) is 5.03. The van der Waals surface area contributed by atoms with Crippen molar-refractivity contribution in [2.45, 2.75) is 12.3 Å². The van der Waals surface area contributed by atoms with Gasteiger partial charge in [0.15, 0.2) is 0 Å². The van der Waals surface area contributed by atoms with E-state index in [1.165, 1.54) is 0 Å². The van der Waals surface area contributed by atoms with Gasteiger partial charge in [0.25, 0.3) is 5.56 Å². The van der Waals surface area contributed by atoms with E-state index >= 15 is 0 Å². The van der Waals surface area contributed by atoms with Crippen molar-refractivity contribution in [2.75, 3.05) is 0 Å². The van der Waals surface area contributed by atoms with Gasteiger partial charge < -0.3 is 9.72 Å². The van der Waals surface area contributed by atoms with Crippen LogP contribution in [0.4, 0.5) is 0 Å². The van der Waals surface area contributed by atoms with Gasteiger partial charge in [0.05, 0.1) is 27.5 Å². The molecule has 1 aliphatic heterocycles. The van der Waals surface area contributed by atoms with E-state index in [1.807, 2.05) is 6.07 Å². The zero-order valence-corrected chi connectivity index (χ0v) is 13.8. The molecule has 120 valence electrons. The summed E-state index contributed by atoms with van der Waals surface area (Å²) in [5.74, 6) is -0.605. The summed E-state index contributed by atoms with van der Waals surface area (Å²) in [5, 5.41) is 1.41. The molecule has 3 aromatic rings. The molecular formula is C18H11Cl2NO3. The van der Waals surface area contributed by atoms with Crippen LogP contribution in [0.15, 0.2) is 47.3 Å². The maximum Gasteiger partial charge on any atom is 0.312 e. The lowest BCUT2D eigenvalue weighted by Gasteiger charge is -2.25. The molecule has 24 heavy (non-hydrogen) atoms. The van der Waals surface area contributed by atoms with Crippen LogP contribution in [0.5, 0.6) is 5.75 Å². The summed E-state index contributed by atoms with van der Waals surface area (Å²) in [6.45, 7) is 0. The molecule has 6 heteroatoms. The number of carbonyl (C=O) groups is 1. The summed E-state index contributed by atoms with van der Waals surface area (Å²) in [6.07, 6.45) is 0.0362. The Labute approximate surface area is 147 Å². The molecule has 2 heterocycles. The molecule has 4 nitrogen and oxygen atoms in total. The average molecular weight is 360 g/mol. The van der Waals surface area contributed by atoms with E-state index in [4.69, 9.17) is 27.9 Å². The highest BCUT2D eigenvalue weighted by Gasteiger charge is 2.34. The SMILES string of the molecule is O=C1C[C@@H](c2cccc(Cl)c2Cl)c2c(c3ccccc3[nH]c2=O)O1. The molecule has 1 aromatic heterocycles. The van der Waals surface area contributed by atoms with Gasteiger partial charge in [-0.1, -0.05) is 47.5 Å². The predicted molar refractivity (Wildman–Crippen MR) is 93.1 cm³/mol. The lowest BCUT2D eigenvalue weighted by Crippen LogP contribution is -2.28. The van der Waals surface area contributed by atoms with E-state index < -0.39 is 11.9 Å². The number of nitrogens with one attached hydrogen (secondary N) is 1. The number of hydrogen-bond acceptors (Lipinski definition) is 3. The number of aromatic amines is 1. The Morgan fingerprint density at radius 3 is 2.67 bits per heavy atom. The highest BCUT2D eigenvalue weighted by Crippen LogP contribution is 2.43. The number of hydrogen-bond donors (Lipinski definition) is 1. The van der Waals surface area contributed by atoms with Crippen molar-refractivity contribution in [3.8, 4) is 5.75 Å². The fourth-order valence-corrected chi connectivity index (χ4v) is 3.57. The Hall–Kier alpha value is -2.30. The van der Waals surface area contributed by atoms with E-state index in [-0.39, 0.29) is 12.0 Å². The quantitative estimate of drug-likeness (QED) is 0.659. The van der Waals surface area contributed by atoms with Gasteiger partial charge in [-0.15, -0.1) is 0 Å². The molecule has 1 atom stereocenters. The molecule has 0 radical (unpaired) electrons. The molecule has 1 N–H and O–H groups in total. The second-order valence-electron chi connectivity index (χ2n) is 5.62. The molecule has 0 spiro atoms. The van der Waals surface area contributed by atoms with Gasteiger partial charge in [0.2, 0.25) is 0 Å². The fraction of sp³-hybridized carbons (Fsp3) is 0.111. The van der Waals surface area contributed by atoms with E-state index in [1.54, 1.807) is 36.4 Å². The number of rotatable bonds is 1. The number of esters is 1. The minimum Gasteiger partial charge on any atom is -0.425 e. The highest BCUT2D eigenvalue weighted by atomic mass is 35.5. The molecule has 4 rings (SSSR count). The van der Waals surface area contributed by atoms with Crippen LogP contribution in [0, 0.1) is 0 Å². The Bertz CT molecular complexity index is 1040. The van der Waals surface area contributed by atoms with Crippen LogP contribution in [0.1, 0.15) is 23.5 Å². The molecule has 0 saturated carbocycles. The first-order valence-corrected chi connectivity index (χ1v) is 8.11. The summed E-state index contributed by atoms with van der Waals surface area (Å²) in [5.41, 5.74) is 1.37. The second-order valence-corrected chi connectivity index (χ2v) is 6.40. The first-order valence-electron chi connectivity index (χ1n) is 7.35. The topological polar surface area (TPSA) is 59.2 Å². The van der Waals surface area contributed by atoms with Crippen molar-refractivity contribution in [1.29, 1.82) is 0 Å². The number of para-hydroxylation sites is 1. The summed E-state index contributed by atoms with van der Waals surface area (Å²) < 4.78 is 5.41. The highest BCUT2D eigenvalue weighted by molar-refractivity contribution is 6.42. The van der Waals surface area contributed by atoms with Crippen LogP contribution >= 0.6 is 23.2 Å². The number of fused-ring (bicyclic) bond motifs is 3. The summed E-state index contributed by atoms with van der Waals surface area (Å²) in [7, 11) is 0. The van der Waals surface area contributed by atoms with Crippen molar-refractivity contribution in [3.05, 3.63) is 74.0 Å². The van der Waals surface area contributed by atoms with Gasteiger partial charge in [0.1, 0.15) is 5.75 Å². The van der Waals surface area contributed by atoms with Gasteiger partial charge in [0, 0.05) is 11.3 Å². The van der Waals surface area contributed by atoms with Gasteiger partial charge in [-0.25, -0.2) is 0 Å². The van der Waals surface area contributed by atoms with Crippen LogP contribution in [0.3, 0.4) is 0 Å². The third kappa shape index (κ3) is 2.30. The number of benzene rings is 2. The predicted octanol–water partition coefficient (Wildman–Crippen LogP) is 4.28. The minimum absolute atomic E-state index is 0.0362. The molecule has 2 aromatic carbocycles. The van der Waals surface area contributed by atoms with Crippen molar-refractivity contribution in [1.82, 2.24) is 4.98 Å². The zero-order chi connectivity index (χ0) is 16.8. The van der Waals surface area contributed by atoms with E-state index in [0.29, 0.717) is 37.8 Å². The van der Waals surface area contributed by atoms with Gasteiger partial charge in [-0.2, -0.15) is 0 Å². The monoisotopic (exact) mass is 359 g/mol. The summed E-state index contributed by atoms with van der Waals surface area (Å²) >= 11 is 12.4. The van der Waals surface area contributed by atoms with Gasteiger partial charge in [-0.3, -0.25) is 9.59 Å². The molecule has 1 aliphatic rings. The standard InChI is InChI=1S/C18H11Cl2NO3/c19-12-6-3-5-9(16(12)20)11-8-14(22)24-17-10-4-1-2-7-13(10)21-18(23)15(11)17/h1-7,11H,8H2,(H,21,23)/t11-/m0/s1. The third-order valence-electron chi connectivity index (χ3n) is 4.20. The molecule has 0 fully saturated rings. The number of halogens is 2. The van der Waals surface area contributed by atoms with Crippen LogP contribution in [0.25, 0.3) is 10.9 Å². The molecule has 0 aliphatic carbocycles. The Kier molecular flexibility index (Phi) is 3.59. The molecule has 0 unspecified atom stereocenters. The van der Waals surface area contributed by atoms with Crippen LogP contribution < -0.4 is 10.3 Å². The van der Waals surface area contributed by atoms with Crippen LogP contribution in [-0.4, -0.2) is 11.0 Å². The Morgan fingerprint density at radius 2 is 1.83 bits per heavy atom. The van der Waals surface area contributed by atoms with E-state index in [9.17, 15) is 9.59 Å². The van der Waals surface area contributed by atoms with E-state index in [2.05, 4.69) is 4.98 Å². The number of ether oxygens (including phenoxy) is 1. The largest absolute Gasteiger partial charge is 0.425 e. The second kappa shape index (κ2) is 5.65. The van der Waals surface area contributed by atoms with Crippen LogP contribution in [0.2, 0.25) is 10.0 Å².